The highest BCUT2D eigenvalue weighted by Gasteiger charge is 2.31. The highest BCUT2D eigenvalue weighted by Crippen LogP contribution is 2.35. The lowest BCUT2D eigenvalue weighted by Crippen LogP contribution is -2.34. The molecule has 1 N–H and O–H groups in total. The second-order valence-corrected chi connectivity index (χ2v) is 6.49. The third kappa shape index (κ3) is 3.23. The standard InChI is InChI=1S/C20H23NO3/c1-4-14-5-8-16(9-6-14)21-19(22)20(2,3)15-7-10-17-18(13-15)24-12-11-23-17/h5-10,13H,4,11-12H2,1-3H3,(H,21,22). The summed E-state index contributed by atoms with van der Waals surface area (Å²) in [6.07, 6.45) is 0.983. The summed E-state index contributed by atoms with van der Waals surface area (Å²) in [6.45, 7) is 7.03. The summed E-state index contributed by atoms with van der Waals surface area (Å²) in [6, 6.07) is 13.6. The molecule has 1 heterocycles. The summed E-state index contributed by atoms with van der Waals surface area (Å²) < 4.78 is 11.2. The number of carbonyl (C=O) groups is 1. The van der Waals surface area contributed by atoms with Crippen LogP contribution < -0.4 is 14.8 Å². The molecule has 0 spiro atoms. The second kappa shape index (κ2) is 6.56. The second-order valence-electron chi connectivity index (χ2n) is 6.49. The van der Waals surface area contributed by atoms with Gasteiger partial charge in [0, 0.05) is 5.69 Å². The Labute approximate surface area is 142 Å². The van der Waals surface area contributed by atoms with E-state index in [2.05, 4.69) is 12.2 Å². The first-order valence-electron chi connectivity index (χ1n) is 8.31. The van der Waals surface area contributed by atoms with Crippen molar-refractivity contribution in [2.24, 2.45) is 0 Å². The molecule has 0 aliphatic carbocycles. The number of fused-ring (bicyclic) bond motifs is 1. The molecule has 24 heavy (non-hydrogen) atoms. The van der Waals surface area contributed by atoms with Crippen molar-refractivity contribution in [3.8, 4) is 11.5 Å². The molecule has 2 aromatic rings. The predicted octanol–water partition coefficient (Wildman–Crippen LogP) is 3.94. The number of nitrogens with one attached hydrogen (secondary N) is 1. The molecule has 0 unspecified atom stereocenters. The molecular formula is C20H23NO3. The summed E-state index contributed by atoms with van der Waals surface area (Å²) >= 11 is 0. The molecule has 1 aliphatic rings. The molecule has 2 aromatic carbocycles. The van der Waals surface area contributed by atoms with Gasteiger partial charge in [-0.05, 0) is 55.7 Å². The molecule has 0 atom stereocenters. The number of hydrogen-bond donors (Lipinski definition) is 1. The topological polar surface area (TPSA) is 47.6 Å². The fourth-order valence-electron chi connectivity index (χ4n) is 2.67. The molecular weight excluding hydrogens is 302 g/mol. The van der Waals surface area contributed by atoms with Gasteiger partial charge in [-0.25, -0.2) is 0 Å². The van der Waals surface area contributed by atoms with E-state index in [0.717, 1.165) is 23.4 Å². The molecule has 0 bridgehead atoms. The van der Waals surface area contributed by atoms with Crippen molar-refractivity contribution < 1.29 is 14.3 Å². The minimum Gasteiger partial charge on any atom is -0.486 e. The Hall–Kier alpha value is -2.49. The molecule has 0 saturated carbocycles. The molecule has 0 aromatic heterocycles. The van der Waals surface area contributed by atoms with Crippen LogP contribution in [-0.2, 0) is 16.6 Å². The first-order chi connectivity index (χ1) is 11.5. The average molecular weight is 325 g/mol. The number of ether oxygens (including phenoxy) is 2. The Morgan fingerprint density at radius 2 is 1.71 bits per heavy atom. The summed E-state index contributed by atoms with van der Waals surface area (Å²) in [4.78, 5) is 12.8. The molecule has 4 heteroatoms. The lowest BCUT2D eigenvalue weighted by atomic mass is 9.83. The number of aryl methyl sites for hydroxylation is 1. The monoisotopic (exact) mass is 325 g/mol. The van der Waals surface area contributed by atoms with Crippen molar-refractivity contribution in [2.75, 3.05) is 18.5 Å². The van der Waals surface area contributed by atoms with E-state index < -0.39 is 5.41 Å². The van der Waals surface area contributed by atoms with Gasteiger partial charge in [-0.2, -0.15) is 0 Å². The number of amides is 1. The zero-order chi connectivity index (χ0) is 17.2. The maximum absolute atomic E-state index is 12.8. The van der Waals surface area contributed by atoms with E-state index in [0.29, 0.717) is 19.0 Å². The largest absolute Gasteiger partial charge is 0.486 e. The molecule has 0 fully saturated rings. The Balaban J connectivity index is 1.79. The number of carbonyl (C=O) groups excluding carboxylic acids is 1. The maximum atomic E-state index is 12.8. The minimum absolute atomic E-state index is 0.0524. The van der Waals surface area contributed by atoms with Gasteiger partial charge in [0.25, 0.3) is 0 Å². The molecule has 126 valence electrons. The predicted molar refractivity (Wildman–Crippen MR) is 94.9 cm³/mol. The Kier molecular flexibility index (Phi) is 4.47. The molecule has 0 radical (unpaired) electrons. The van der Waals surface area contributed by atoms with Gasteiger partial charge < -0.3 is 14.8 Å². The SMILES string of the molecule is CCc1ccc(NC(=O)C(C)(C)c2ccc3c(c2)OCCO3)cc1. The van der Waals surface area contributed by atoms with Gasteiger partial charge in [-0.3, -0.25) is 4.79 Å². The van der Waals surface area contributed by atoms with Gasteiger partial charge >= 0.3 is 0 Å². The van der Waals surface area contributed by atoms with Crippen LogP contribution >= 0.6 is 0 Å². The van der Waals surface area contributed by atoms with Gasteiger partial charge in [0.05, 0.1) is 5.41 Å². The van der Waals surface area contributed by atoms with Crippen molar-refractivity contribution in [2.45, 2.75) is 32.6 Å². The van der Waals surface area contributed by atoms with Crippen LogP contribution in [-0.4, -0.2) is 19.1 Å². The fourth-order valence-corrected chi connectivity index (χ4v) is 2.67. The summed E-state index contributed by atoms with van der Waals surface area (Å²) in [7, 11) is 0. The lowest BCUT2D eigenvalue weighted by Gasteiger charge is -2.26. The highest BCUT2D eigenvalue weighted by atomic mass is 16.6. The molecule has 1 aliphatic heterocycles. The van der Waals surface area contributed by atoms with Crippen LogP contribution in [0.3, 0.4) is 0 Å². The number of benzene rings is 2. The Morgan fingerprint density at radius 1 is 1.04 bits per heavy atom. The first kappa shape index (κ1) is 16.4. The lowest BCUT2D eigenvalue weighted by molar-refractivity contribution is -0.120. The van der Waals surface area contributed by atoms with Crippen molar-refractivity contribution in [3.05, 3.63) is 53.6 Å². The Morgan fingerprint density at radius 3 is 2.38 bits per heavy atom. The van der Waals surface area contributed by atoms with Crippen LogP contribution in [0.1, 0.15) is 31.9 Å². The van der Waals surface area contributed by atoms with Crippen molar-refractivity contribution >= 4 is 11.6 Å². The maximum Gasteiger partial charge on any atom is 0.234 e. The van der Waals surface area contributed by atoms with E-state index in [1.807, 2.05) is 56.3 Å². The van der Waals surface area contributed by atoms with Gasteiger partial charge in [-0.15, -0.1) is 0 Å². The molecule has 4 nitrogen and oxygen atoms in total. The van der Waals surface area contributed by atoms with E-state index in [-0.39, 0.29) is 5.91 Å². The molecule has 0 saturated heterocycles. The van der Waals surface area contributed by atoms with E-state index >= 15 is 0 Å². The van der Waals surface area contributed by atoms with Gasteiger partial charge in [-0.1, -0.05) is 25.1 Å². The van der Waals surface area contributed by atoms with Crippen molar-refractivity contribution in [1.29, 1.82) is 0 Å². The third-order valence-electron chi connectivity index (χ3n) is 4.45. The van der Waals surface area contributed by atoms with Gasteiger partial charge in [0.1, 0.15) is 13.2 Å². The van der Waals surface area contributed by atoms with Gasteiger partial charge in [0.2, 0.25) is 5.91 Å². The summed E-state index contributed by atoms with van der Waals surface area (Å²) in [5.74, 6) is 1.38. The summed E-state index contributed by atoms with van der Waals surface area (Å²) in [5.41, 5.74) is 2.27. The van der Waals surface area contributed by atoms with Crippen LogP contribution in [0.25, 0.3) is 0 Å². The van der Waals surface area contributed by atoms with Crippen LogP contribution in [0.2, 0.25) is 0 Å². The van der Waals surface area contributed by atoms with E-state index in [1.165, 1.54) is 5.56 Å². The zero-order valence-electron chi connectivity index (χ0n) is 14.4. The quantitative estimate of drug-likeness (QED) is 0.926. The smallest absolute Gasteiger partial charge is 0.234 e. The van der Waals surface area contributed by atoms with E-state index in [9.17, 15) is 4.79 Å². The normalized spacial score (nSPS) is 13.5. The first-order valence-corrected chi connectivity index (χ1v) is 8.31. The zero-order valence-corrected chi connectivity index (χ0v) is 14.4. The Bertz CT molecular complexity index is 735. The molecule has 3 rings (SSSR count). The minimum atomic E-state index is -0.681. The molecule has 1 amide bonds. The number of hydrogen-bond acceptors (Lipinski definition) is 3. The number of anilines is 1. The van der Waals surface area contributed by atoms with Gasteiger partial charge in [0.15, 0.2) is 11.5 Å². The van der Waals surface area contributed by atoms with Crippen LogP contribution in [0.15, 0.2) is 42.5 Å². The highest BCUT2D eigenvalue weighted by molar-refractivity contribution is 5.98. The number of rotatable bonds is 4. The van der Waals surface area contributed by atoms with E-state index in [1.54, 1.807) is 0 Å². The third-order valence-corrected chi connectivity index (χ3v) is 4.45. The van der Waals surface area contributed by atoms with Crippen molar-refractivity contribution in [1.82, 2.24) is 0 Å². The average Bonchev–Trinajstić information content (AvgIpc) is 2.61. The fraction of sp³-hybridized carbons (Fsp3) is 0.350. The van der Waals surface area contributed by atoms with Crippen LogP contribution in [0, 0.1) is 0 Å². The van der Waals surface area contributed by atoms with Crippen LogP contribution in [0.4, 0.5) is 5.69 Å². The van der Waals surface area contributed by atoms with Crippen molar-refractivity contribution in [3.63, 3.8) is 0 Å². The van der Waals surface area contributed by atoms with E-state index in [4.69, 9.17) is 9.47 Å². The summed E-state index contributed by atoms with van der Waals surface area (Å²) in [5, 5.41) is 3.00. The van der Waals surface area contributed by atoms with Crippen LogP contribution in [0.5, 0.6) is 11.5 Å².